The minimum atomic E-state index is -2.09. The van der Waals surface area contributed by atoms with Crippen molar-refractivity contribution in [3.05, 3.63) is 0 Å². The number of aliphatic carboxylic acids is 4. The van der Waals surface area contributed by atoms with E-state index in [1.807, 2.05) is 5.32 Å². The first-order valence-corrected chi connectivity index (χ1v) is 4.42. The van der Waals surface area contributed by atoms with Gasteiger partial charge in [0.15, 0.2) is 0 Å². The number of carbonyl (C=O) groups is 4. The van der Waals surface area contributed by atoms with Gasteiger partial charge in [0.05, 0.1) is 0 Å². The Kier molecular flexibility index (Phi) is 13.8. The molecule has 0 unspecified atom stereocenters. The molecule has 0 aromatic heterocycles. The summed E-state index contributed by atoms with van der Waals surface area (Å²) in [7, 11) is 0. The van der Waals surface area contributed by atoms with E-state index in [1.54, 1.807) is 0 Å². The molecule has 5 N–H and O–H groups in total. The molecule has 0 rings (SSSR count). The van der Waals surface area contributed by atoms with Gasteiger partial charge in [0.2, 0.25) is 6.04 Å². The van der Waals surface area contributed by atoms with E-state index in [1.165, 1.54) is 0 Å². The number of carboxylic acid groups (broad SMARTS) is 4. The first-order chi connectivity index (χ1) is 7.75. The van der Waals surface area contributed by atoms with E-state index >= 15 is 0 Å². The molecule has 9 nitrogen and oxygen atoms in total. The van der Waals surface area contributed by atoms with Gasteiger partial charge in [-0.25, -0.2) is 9.59 Å². The van der Waals surface area contributed by atoms with E-state index in [0.717, 1.165) is 0 Å². The second-order valence-electron chi connectivity index (χ2n) is 3.10. The SMILES string of the molecule is O=C(O)CC[C@H](NC(C(=O)O)C(=O)O)C(=O)O.[Fe].[NaH]. The molecule has 0 amide bonds. The van der Waals surface area contributed by atoms with E-state index in [4.69, 9.17) is 20.4 Å². The summed E-state index contributed by atoms with van der Waals surface area (Å²) in [6.45, 7) is 0. The van der Waals surface area contributed by atoms with Gasteiger partial charge in [0, 0.05) is 23.5 Å². The Hall–Kier alpha value is -0.641. The third kappa shape index (κ3) is 9.88. The van der Waals surface area contributed by atoms with Crippen LogP contribution in [0.25, 0.3) is 0 Å². The van der Waals surface area contributed by atoms with Gasteiger partial charge in [-0.3, -0.25) is 14.9 Å². The fourth-order valence-corrected chi connectivity index (χ4v) is 0.995. The maximum atomic E-state index is 10.7. The van der Waals surface area contributed by atoms with Crippen LogP contribution in [0.2, 0.25) is 0 Å². The monoisotopic (exact) mass is 329 g/mol. The first-order valence-electron chi connectivity index (χ1n) is 4.42. The molecule has 0 radical (unpaired) electrons. The van der Waals surface area contributed by atoms with Crippen LogP contribution in [-0.4, -0.2) is 85.9 Å². The minimum absolute atomic E-state index is 0. The molecule has 0 aromatic carbocycles. The van der Waals surface area contributed by atoms with Crippen LogP contribution >= 0.6 is 0 Å². The van der Waals surface area contributed by atoms with Crippen LogP contribution < -0.4 is 5.32 Å². The molecule has 0 saturated carbocycles. The molecular weight excluding hydrogens is 317 g/mol. The van der Waals surface area contributed by atoms with E-state index in [-0.39, 0.29) is 46.6 Å². The van der Waals surface area contributed by atoms with Crippen LogP contribution in [0.5, 0.6) is 0 Å². The fourth-order valence-electron chi connectivity index (χ4n) is 0.995. The average molecular weight is 329 g/mol. The molecule has 0 bridgehead atoms. The number of hydrogen-bond donors (Lipinski definition) is 5. The van der Waals surface area contributed by atoms with Gasteiger partial charge in [0.25, 0.3) is 0 Å². The summed E-state index contributed by atoms with van der Waals surface area (Å²) < 4.78 is 0. The molecule has 106 valence electrons. The Bertz CT molecular complexity index is 336. The predicted octanol–water partition coefficient (Wildman–Crippen LogP) is -2.22. The summed E-state index contributed by atoms with van der Waals surface area (Å²) in [6.07, 6.45) is -0.933. The van der Waals surface area contributed by atoms with Crippen molar-refractivity contribution < 1.29 is 56.7 Å². The van der Waals surface area contributed by atoms with Crippen LogP contribution in [0.1, 0.15) is 12.8 Å². The Morgan fingerprint density at radius 3 is 1.58 bits per heavy atom. The van der Waals surface area contributed by atoms with E-state index in [9.17, 15) is 19.2 Å². The summed E-state index contributed by atoms with van der Waals surface area (Å²) in [5, 5.41) is 35.8. The second-order valence-corrected chi connectivity index (χ2v) is 3.10. The second kappa shape index (κ2) is 11.2. The first kappa shape index (κ1) is 23.5. The zero-order valence-electron chi connectivity index (χ0n) is 8.84. The molecule has 19 heavy (non-hydrogen) atoms. The summed E-state index contributed by atoms with van der Waals surface area (Å²) in [5.41, 5.74) is 0. The van der Waals surface area contributed by atoms with Gasteiger partial charge < -0.3 is 20.4 Å². The van der Waals surface area contributed by atoms with Crippen molar-refractivity contribution in [3.8, 4) is 0 Å². The van der Waals surface area contributed by atoms with Gasteiger partial charge >= 0.3 is 53.4 Å². The van der Waals surface area contributed by atoms with Crippen LogP contribution in [0.3, 0.4) is 0 Å². The Balaban J connectivity index is -0.00000128. The standard InChI is InChI=1S/C8H11NO8.Fe.Na.H/c10-4(11)2-1-3(6(12)13)9-5(7(14)15)8(16)17;;;/h3,5,9H,1-2H2,(H,10,11)(H,12,13)(H,14,15)(H,16,17);;;/t3-;;;/m0.../s1. The van der Waals surface area contributed by atoms with Crippen molar-refractivity contribution in [2.45, 2.75) is 24.9 Å². The summed E-state index contributed by atoms with van der Waals surface area (Å²) >= 11 is 0. The Morgan fingerprint density at radius 1 is 0.895 bits per heavy atom. The Labute approximate surface area is 140 Å². The molecule has 0 saturated heterocycles. The fraction of sp³-hybridized carbons (Fsp3) is 0.500. The van der Waals surface area contributed by atoms with Crippen molar-refractivity contribution in [2.75, 3.05) is 0 Å². The molecular formula is C8H12FeNNaO8. The normalized spacial score (nSPS) is 10.8. The Morgan fingerprint density at radius 2 is 1.32 bits per heavy atom. The quantitative estimate of drug-likeness (QED) is 0.245. The molecule has 0 aliphatic heterocycles. The van der Waals surface area contributed by atoms with E-state index < -0.39 is 48.8 Å². The molecule has 11 heteroatoms. The van der Waals surface area contributed by atoms with Crippen molar-refractivity contribution in [1.82, 2.24) is 5.32 Å². The van der Waals surface area contributed by atoms with E-state index in [2.05, 4.69) is 0 Å². The average Bonchev–Trinajstić information content (AvgIpc) is 2.15. The number of nitrogens with one attached hydrogen (secondary N) is 1. The van der Waals surface area contributed by atoms with Gasteiger partial charge in [0.1, 0.15) is 6.04 Å². The van der Waals surface area contributed by atoms with Gasteiger partial charge in [-0.05, 0) is 6.42 Å². The van der Waals surface area contributed by atoms with Gasteiger partial charge in [-0.2, -0.15) is 0 Å². The summed E-state index contributed by atoms with van der Waals surface area (Å²) in [5.74, 6) is -6.28. The summed E-state index contributed by atoms with van der Waals surface area (Å²) in [4.78, 5) is 41.8. The molecule has 1 atom stereocenters. The van der Waals surface area contributed by atoms with Crippen LogP contribution in [0.4, 0.5) is 0 Å². The molecule has 0 heterocycles. The van der Waals surface area contributed by atoms with Crippen molar-refractivity contribution in [2.24, 2.45) is 0 Å². The third-order valence-corrected chi connectivity index (χ3v) is 1.81. The molecule has 0 fully saturated rings. The number of hydrogen-bond acceptors (Lipinski definition) is 5. The van der Waals surface area contributed by atoms with Crippen molar-refractivity contribution in [3.63, 3.8) is 0 Å². The molecule has 0 aromatic rings. The molecule has 0 spiro atoms. The zero-order valence-corrected chi connectivity index (χ0v) is 9.95. The van der Waals surface area contributed by atoms with E-state index in [0.29, 0.717) is 0 Å². The van der Waals surface area contributed by atoms with Crippen LogP contribution in [-0.2, 0) is 36.2 Å². The number of carboxylic acids is 4. The maximum absolute atomic E-state index is 10.7. The number of rotatable bonds is 8. The van der Waals surface area contributed by atoms with Crippen LogP contribution in [0, 0.1) is 0 Å². The topological polar surface area (TPSA) is 161 Å². The molecule has 0 aliphatic rings. The van der Waals surface area contributed by atoms with Crippen LogP contribution in [0.15, 0.2) is 0 Å². The zero-order chi connectivity index (χ0) is 13.6. The summed E-state index contributed by atoms with van der Waals surface area (Å²) in [6, 6.07) is -3.65. The van der Waals surface area contributed by atoms with Gasteiger partial charge in [-0.15, -0.1) is 0 Å². The van der Waals surface area contributed by atoms with Crippen molar-refractivity contribution in [1.29, 1.82) is 0 Å². The third-order valence-electron chi connectivity index (χ3n) is 1.81. The molecule has 0 aliphatic carbocycles. The van der Waals surface area contributed by atoms with Gasteiger partial charge in [-0.1, -0.05) is 0 Å². The predicted molar refractivity (Wildman–Crippen MR) is 57.6 cm³/mol. The van der Waals surface area contributed by atoms with Crippen molar-refractivity contribution >= 4 is 53.4 Å².